The molecule has 0 spiro atoms. The van der Waals surface area contributed by atoms with Gasteiger partial charge in [0.1, 0.15) is 61.0 Å². The van der Waals surface area contributed by atoms with Crippen LogP contribution < -0.4 is 10.4 Å². The fourth-order valence-corrected chi connectivity index (χ4v) is 15.1. The summed E-state index contributed by atoms with van der Waals surface area (Å²) in [4.78, 5) is 0. The molecular formula is C60H69FO10Si. The monoisotopic (exact) mass is 996 g/mol. The van der Waals surface area contributed by atoms with Crippen molar-refractivity contribution in [2.45, 2.75) is 139 Å². The van der Waals surface area contributed by atoms with E-state index in [0.717, 1.165) is 32.6 Å². The van der Waals surface area contributed by atoms with Crippen LogP contribution in [0.4, 0.5) is 4.39 Å². The van der Waals surface area contributed by atoms with Gasteiger partial charge in [0.05, 0.1) is 39.6 Å². The average molecular weight is 997 g/mol. The number of fused-ring (bicyclic) bond motifs is 1. The zero-order chi connectivity index (χ0) is 50.1. The molecule has 0 amide bonds. The van der Waals surface area contributed by atoms with E-state index in [0.29, 0.717) is 0 Å². The summed E-state index contributed by atoms with van der Waals surface area (Å²) in [5.74, 6) is -1.11. The number of hydrogen-bond acceptors (Lipinski definition) is 10. The van der Waals surface area contributed by atoms with Gasteiger partial charge in [0, 0.05) is 0 Å². The van der Waals surface area contributed by atoms with Crippen molar-refractivity contribution in [3.05, 3.63) is 204 Å². The Morgan fingerprint density at radius 1 is 0.514 bits per heavy atom. The highest BCUT2D eigenvalue weighted by molar-refractivity contribution is 6.99. The molecule has 3 saturated heterocycles. The highest BCUT2D eigenvalue weighted by Crippen LogP contribution is 2.43. The minimum Gasteiger partial charge on any atom is -0.405 e. The molecule has 12 heteroatoms. The minimum absolute atomic E-state index is 0.0252. The molecule has 72 heavy (non-hydrogen) atoms. The summed E-state index contributed by atoms with van der Waals surface area (Å²) in [5.41, 5.74) is 3.70. The van der Waals surface area contributed by atoms with Gasteiger partial charge in [-0.05, 0) is 51.5 Å². The van der Waals surface area contributed by atoms with E-state index in [1.54, 1.807) is 13.8 Å². The Morgan fingerprint density at radius 3 is 1.39 bits per heavy atom. The fourth-order valence-electron chi connectivity index (χ4n) is 10.6. The summed E-state index contributed by atoms with van der Waals surface area (Å²) in [5, 5.41) is 14.2. The van der Waals surface area contributed by atoms with Gasteiger partial charge in [-0.15, -0.1) is 0 Å². The van der Waals surface area contributed by atoms with Gasteiger partial charge in [0.15, 0.2) is 12.0 Å². The molecule has 6 aromatic carbocycles. The first-order chi connectivity index (χ1) is 34.9. The van der Waals surface area contributed by atoms with Crippen LogP contribution in [0.2, 0.25) is 5.04 Å². The lowest BCUT2D eigenvalue weighted by Gasteiger charge is -2.50. The average Bonchev–Trinajstić information content (AvgIpc) is 3.74. The standard InChI is InChI=1S/C60H69FO10Si/c1-59(2,3)72(46-32-20-10-21-33-46,47-34-22-11-23-35-47)67-41-49-53-56(71-60(4,5)70-53)51(62)54(68-49)50(61)55-58(66-39-45-30-18-9-19-31-45)57(65-38-44-28-16-8-17-29-44)52(64-37-43-26-14-7-15-27-43)48(69-55)40-63-36-42-24-12-6-13-25-42/h6-35,48-58,62H,36-41H2,1-5H3/t48-,49+,50+,51-,52-,53-,54-,55-,56+,57+,58-/m0/s1. The van der Waals surface area contributed by atoms with Crippen molar-refractivity contribution >= 4 is 18.7 Å². The molecular weight excluding hydrogens is 928 g/mol. The third-order valence-electron chi connectivity index (χ3n) is 14.0. The maximum absolute atomic E-state index is 18.7. The highest BCUT2D eigenvalue weighted by Gasteiger charge is 2.61. The minimum atomic E-state index is -3.12. The third-order valence-corrected chi connectivity index (χ3v) is 19.0. The summed E-state index contributed by atoms with van der Waals surface area (Å²) in [7, 11) is -3.12. The second-order valence-corrected chi connectivity index (χ2v) is 24.8. The second-order valence-electron chi connectivity index (χ2n) is 20.5. The Bertz CT molecular complexity index is 2500. The van der Waals surface area contributed by atoms with Crippen molar-refractivity contribution in [1.29, 1.82) is 0 Å². The first kappa shape index (κ1) is 51.9. The molecule has 6 aromatic rings. The predicted molar refractivity (Wildman–Crippen MR) is 277 cm³/mol. The van der Waals surface area contributed by atoms with Gasteiger partial charge in [-0.2, -0.15) is 0 Å². The lowest BCUT2D eigenvalue weighted by Crippen LogP contribution is -2.69. The lowest BCUT2D eigenvalue weighted by atomic mass is 9.86. The zero-order valence-corrected chi connectivity index (χ0v) is 42.9. The van der Waals surface area contributed by atoms with E-state index in [9.17, 15) is 5.11 Å². The summed E-state index contributed by atoms with van der Waals surface area (Å²) in [6.07, 6.45) is -12.6. The first-order valence-corrected chi connectivity index (χ1v) is 27.1. The lowest BCUT2D eigenvalue weighted by molar-refractivity contribution is -0.298. The fraction of sp³-hybridized carbons (Fsp3) is 0.400. The molecule has 3 aliphatic heterocycles. The van der Waals surface area contributed by atoms with E-state index in [2.05, 4.69) is 45.0 Å². The van der Waals surface area contributed by atoms with Gasteiger partial charge in [-0.25, -0.2) is 4.39 Å². The Labute approximate surface area is 425 Å². The molecule has 380 valence electrons. The van der Waals surface area contributed by atoms with Crippen molar-refractivity contribution in [3.8, 4) is 0 Å². The van der Waals surface area contributed by atoms with Crippen molar-refractivity contribution in [2.75, 3.05) is 13.2 Å². The molecule has 0 bridgehead atoms. The highest BCUT2D eigenvalue weighted by atomic mass is 28.4. The molecule has 11 atom stereocenters. The maximum atomic E-state index is 18.7. The van der Waals surface area contributed by atoms with E-state index in [-0.39, 0.29) is 44.7 Å². The molecule has 0 unspecified atom stereocenters. The number of aliphatic hydroxyl groups excluding tert-OH is 1. The third kappa shape index (κ3) is 12.0. The number of hydrogen-bond donors (Lipinski definition) is 1. The number of ether oxygens (including phenoxy) is 8. The number of halogens is 1. The van der Waals surface area contributed by atoms with Crippen LogP contribution in [0.25, 0.3) is 0 Å². The van der Waals surface area contributed by atoms with Crippen molar-refractivity contribution in [1.82, 2.24) is 0 Å². The van der Waals surface area contributed by atoms with Gasteiger partial charge in [-0.1, -0.05) is 203 Å². The van der Waals surface area contributed by atoms with Crippen LogP contribution in [-0.4, -0.2) is 99.6 Å². The zero-order valence-electron chi connectivity index (χ0n) is 41.9. The molecule has 3 fully saturated rings. The number of rotatable bonds is 20. The molecule has 3 aliphatic rings. The Morgan fingerprint density at radius 2 is 0.917 bits per heavy atom. The van der Waals surface area contributed by atoms with Crippen LogP contribution in [0.15, 0.2) is 182 Å². The topological polar surface area (TPSA) is 103 Å². The summed E-state index contributed by atoms with van der Waals surface area (Å²) in [6, 6.07) is 59.9. The normalized spacial score (nSPS) is 26.7. The largest absolute Gasteiger partial charge is 0.405 e. The van der Waals surface area contributed by atoms with Crippen LogP contribution in [-0.2, 0) is 68.7 Å². The smallest absolute Gasteiger partial charge is 0.261 e. The van der Waals surface area contributed by atoms with E-state index >= 15 is 4.39 Å². The van der Waals surface area contributed by atoms with Crippen molar-refractivity contribution < 1.29 is 51.8 Å². The summed E-state index contributed by atoms with van der Waals surface area (Å²) >= 11 is 0. The number of aliphatic hydroxyl groups is 1. The molecule has 0 saturated carbocycles. The maximum Gasteiger partial charge on any atom is 0.261 e. The first-order valence-electron chi connectivity index (χ1n) is 25.2. The Kier molecular flexibility index (Phi) is 17.0. The summed E-state index contributed by atoms with van der Waals surface area (Å²) < 4.78 is 80.2. The van der Waals surface area contributed by atoms with E-state index in [4.69, 9.17) is 42.3 Å². The van der Waals surface area contributed by atoms with Gasteiger partial charge in [0.25, 0.3) is 8.32 Å². The van der Waals surface area contributed by atoms with Crippen LogP contribution >= 0.6 is 0 Å². The van der Waals surface area contributed by atoms with E-state index in [1.807, 2.05) is 158 Å². The molecule has 3 heterocycles. The van der Waals surface area contributed by atoms with Gasteiger partial charge in [0.2, 0.25) is 0 Å². The predicted octanol–water partition coefficient (Wildman–Crippen LogP) is 9.29. The molecule has 10 nitrogen and oxygen atoms in total. The van der Waals surface area contributed by atoms with Gasteiger partial charge in [-0.3, -0.25) is 0 Å². The van der Waals surface area contributed by atoms with Crippen LogP contribution in [0, 0.1) is 0 Å². The molecule has 1 N–H and O–H groups in total. The van der Waals surface area contributed by atoms with Crippen molar-refractivity contribution in [3.63, 3.8) is 0 Å². The second kappa shape index (κ2) is 23.5. The quantitative estimate of drug-likeness (QED) is 0.0745. The Balaban J connectivity index is 1.09. The van der Waals surface area contributed by atoms with Gasteiger partial charge < -0.3 is 47.4 Å². The van der Waals surface area contributed by atoms with Gasteiger partial charge >= 0.3 is 0 Å². The molecule has 0 aromatic heterocycles. The number of benzene rings is 6. The molecule has 0 radical (unpaired) electrons. The van der Waals surface area contributed by atoms with Crippen LogP contribution in [0.3, 0.4) is 0 Å². The van der Waals surface area contributed by atoms with E-state index < -0.39 is 81.3 Å². The van der Waals surface area contributed by atoms with Crippen LogP contribution in [0.1, 0.15) is 56.9 Å². The Hall–Kier alpha value is -4.93. The molecule has 9 rings (SSSR count). The molecule has 0 aliphatic carbocycles. The van der Waals surface area contributed by atoms with Crippen molar-refractivity contribution in [2.24, 2.45) is 0 Å². The van der Waals surface area contributed by atoms with Crippen LogP contribution in [0.5, 0.6) is 0 Å². The summed E-state index contributed by atoms with van der Waals surface area (Å²) in [6.45, 7) is 11.1. The number of alkyl halides is 1. The SMILES string of the molecule is CC1(C)O[C@@H]2[C@@H](O)[C@H]([C@@H](F)[C@@H]3O[C@@H](COCc4ccccc4)[C@H](OCc4ccccc4)[C@@H](OCc4ccccc4)[C@H]3OCc3ccccc3)O[C@H](CO[Si](c3ccccc3)(c3ccccc3)C(C)(C)C)[C@@H]2O1. The van der Waals surface area contributed by atoms with E-state index in [1.165, 1.54) is 0 Å².